The summed E-state index contributed by atoms with van der Waals surface area (Å²) in [5.41, 5.74) is 8.18. The molecule has 4 nitrogen and oxygen atoms in total. The van der Waals surface area contributed by atoms with Crippen molar-refractivity contribution < 1.29 is 9.53 Å². The summed E-state index contributed by atoms with van der Waals surface area (Å²) in [6.07, 6.45) is 0. The van der Waals surface area contributed by atoms with E-state index < -0.39 is 6.03 Å². The van der Waals surface area contributed by atoms with Gasteiger partial charge in [0.05, 0.1) is 7.11 Å². The molecule has 20 heavy (non-hydrogen) atoms. The van der Waals surface area contributed by atoms with Crippen LogP contribution in [-0.4, -0.2) is 13.1 Å². The summed E-state index contributed by atoms with van der Waals surface area (Å²) in [6.45, 7) is 0. The van der Waals surface area contributed by atoms with Gasteiger partial charge in [0.2, 0.25) is 0 Å². The number of ether oxygens (including phenoxy) is 1. The number of methoxy groups -OCH3 is 1. The Bertz CT molecular complexity index is 599. The number of nitrogens with two attached hydrogens (primary N) is 1. The maximum atomic E-state index is 10.9. The van der Waals surface area contributed by atoms with E-state index in [1.165, 1.54) is 0 Å². The number of amides is 2. The summed E-state index contributed by atoms with van der Waals surface area (Å²) < 4.78 is 5.14. The third-order valence-electron chi connectivity index (χ3n) is 2.87. The molecule has 3 N–H and O–H groups in total. The summed E-state index contributed by atoms with van der Waals surface area (Å²) in [7, 11) is 1.64. The monoisotopic (exact) mass is 334 g/mol. The molecule has 2 aromatic rings. The van der Waals surface area contributed by atoms with Crippen LogP contribution in [0, 0.1) is 0 Å². The van der Waals surface area contributed by atoms with E-state index in [0.29, 0.717) is 0 Å². The Kier molecular flexibility index (Phi) is 4.63. The number of urea groups is 1. The standard InChI is InChI=1S/C15H15BrN2O2/c1-20-13-7-5-10(6-8-13)11-3-2-4-12(9-11)14(16)18-15(17)19/h2-9,14H,1H3,(H3,17,18,19). The van der Waals surface area contributed by atoms with E-state index >= 15 is 0 Å². The van der Waals surface area contributed by atoms with Gasteiger partial charge in [-0.2, -0.15) is 0 Å². The summed E-state index contributed by atoms with van der Waals surface area (Å²) in [4.78, 5) is 10.6. The number of hydrogen-bond acceptors (Lipinski definition) is 2. The van der Waals surface area contributed by atoms with Crippen LogP contribution in [0.1, 0.15) is 10.5 Å². The first-order valence-corrected chi connectivity index (χ1v) is 6.96. The zero-order valence-electron chi connectivity index (χ0n) is 11.0. The van der Waals surface area contributed by atoms with Gasteiger partial charge in [0, 0.05) is 0 Å². The van der Waals surface area contributed by atoms with Gasteiger partial charge < -0.3 is 15.8 Å². The van der Waals surface area contributed by atoms with Crippen molar-refractivity contribution >= 4 is 22.0 Å². The fourth-order valence-corrected chi connectivity index (χ4v) is 2.38. The average Bonchev–Trinajstić information content (AvgIpc) is 2.47. The molecule has 0 aromatic heterocycles. The molecule has 0 aliphatic rings. The Balaban J connectivity index is 2.26. The van der Waals surface area contributed by atoms with E-state index in [0.717, 1.165) is 22.4 Å². The first-order chi connectivity index (χ1) is 9.60. The Morgan fingerprint density at radius 2 is 1.90 bits per heavy atom. The SMILES string of the molecule is COc1ccc(-c2cccc(C(Br)NC(N)=O)c2)cc1. The zero-order chi connectivity index (χ0) is 14.5. The molecule has 2 aromatic carbocycles. The number of carbonyl (C=O) groups excluding carboxylic acids is 1. The lowest BCUT2D eigenvalue weighted by atomic mass is 10.0. The second kappa shape index (κ2) is 6.43. The third kappa shape index (κ3) is 3.51. The lowest BCUT2D eigenvalue weighted by Gasteiger charge is -2.12. The summed E-state index contributed by atoms with van der Waals surface area (Å²) in [5, 5.41) is 2.59. The van der Waals surface area contributed by atoms with Crippen LogP contribution in [0.5, 0.6) is 5.75 Å². The number of benzene rings is 2. The molecule has 0 radical (unpaired) electrons. The topological polar surface area (TPSA) is 64.3 Å². The van der Waals surface area contributed by atoms with Crippen molar-refractivity contribution in [3.63, 3.8) is 0 Å². The molecule has 0 aliphatic heterocycles. The Morgan fingerprint density at radius 1 is 1.20 bits per heavy atom. The van der Waals surface area contributed by atoms with Crippen LogP contribution in [0.3, 0.4) is 0 Å². The van der Waals surface area contributed by atoms with Gasteiger partial charge in [-0.25, -0.2) is 4.79 Å². The first kappa shape index (κ1) is 14.4. The molecule has 0 saturated heterocycles. The molecule has 0 aliphatic carbocycles. The average molecular weight is 335 g/mol. The lowest BCUT2D eigenvalue weighted by molar-refractivity contribution is 0.248. The smallest absolute Gasteiger partial charge is 0.313 e. The van der Waals surface area contributed by atoms with Gasteiger partial charge in [-0.15, -0.1) is 0 Å². The molecule has 0 bridgehead atoms. The highest BCUT2D eigenvalue weighted by Crippen LogP contribution is 2.27. The maximum Gasteiger partial charge on any atom is 0.313 e. The van der Waals surface area contributed by atoms with Crippen LogP contribution in [0.2, 0.25) is 0 Å². The Labute approximate surface area is 126 Å². The fourth-order valence-electron chi connectivity index (χ4n) is 1.87. The highest BCUT2D eigenvalue weighted by molar-refractivity contribution is 9.09. The molecular formula is C15H15BrN2O2. The molecule has 104 valence electrons. The molecule has 1 atom stereocenters. The number of primary amides is 1. The predicted octanol–water partition coefficient (Wildman–Crippen LogP) is 3.42. The van der Waals surface area contributed by atoms with Crippen molar-refractivity contribution in [2.24, 2.45) is 5.73 Å². The van der Waals surface area contributed by atoms with Crippen LogP contribution >= 0.6 is 15.9 Å². The van der Waals surface area contributed by atoms with Gasteiger partial charge in [0.1, 0.15) is 10.7 Å². The normalized spacial score (nSPS) is 11.7. The number of alkyl halides is 1. The fraction of sp³-hybridized carbons (Fsp3) is 0.133. The van der Waals surface area contributed by atoms with Gasteiger partial charge in [0.15, 0.2) is 0 Å². The van der Waals surface area contributed by atoms with Crippen molar-refractivity contribution in [2.75, 3.05) is 7.11 Å². The van der Waals surface area contributed by atoms with Crippen molar-refractivity contribution in [2.45, 2.75) is 4.95 Å². The van der Waals surface area contributed by atoms with Gasteiger partial charge in [-0.1, -0.05) is 46.3 Å². The zero-order valence-corrected chi connectivity index (χ0v) is 12.6. The van der Waals surface area contributed by atoms with Crippen LogP contribution in [0.25, 0.3) is 11.1 Å². The third-order valence-corrected chi connectivity index (χ3v) is 3.63. The predicted molar refractivity (Wildman–Crippen MR) is 82.8 cm³/mol. The summed E-state index contributed by atoms with van der Waals surface area (Å²) >= 11 is 3.38. The minimum Gasteiger partial charge on any atom is -0.497 e. The van der Waals surface area contributed by atoms with Crippen molar-refractivity contribution in [3.8, 4) is 16.9 Å². The van der Waals surface area contributed by atoms with E-state index in [2.05, 4.69) is 21.2 Å². The second-order valence-electron chi connectivity index (χ2n) is 4.23. The molecule has 5 heteroatoms. The maximum absolute atomic E-state index is 10.9. The summed E-state index contributed by atoms with van der Waals surface area (Å²) in [6, 6.07) is 15.1. The van der Waals surface area contributed by atoms with Crippen molar-refractivity contribution in [1.82, 2.24) is 5.32 Å². The van der Waals surface area contributed by atoms with E-state index in [-0.39, 0.29) is 4.95 Å². The molecule has 0 spiro atoms. The van der Waals surface area contributed by atoms with Crippen LogP contribution in [0.15, 0.2) is 48.5 Å². The second-order valence-corrected chi connectivity index (χ2v) is 5.14. The quantitative estimate of drug-likeness (QED) is 0.664. The number of hydrogen-bond donors (Lipinski definition) is 2. The van der Waals surface area contributed by atoms with Gasteiger partial charge in [-0.3, -0.25) is 0 Å². The minimum absolute atomic E-state index is 0.307. The molecule has 2 amide bonds. The highest BCUT2D eigenvalue weighted by atomic mass is 79.9. The highest BCUT2D eigenvalue weighted by Gasteiger charge is 2.09. The van der Waals surface area contributed by atoms with Crippen LogP contribution < -0.4 is 15.8 Å². The van der Waals surface area contributed by atoms with Crippen LogP contribution in [0.4, 0.5) is 4.79 Å². The lowest BCUT2D eigenvalue weighted by Crippen LogP contribution is -2.30. The van der Waals surface area contributed by atoms with Gasteiger partial charge in [-0.05, 0) is 34.9 Å². The van der Waals surface area contributed by atoms with Gasteiger partial charge in [0.25, 0.3) is 0 Å². The number of halogens is 1. The van der Waals surface area contributed by atoms with E-state index in [4.69, 9.17) is 10.5 Å². The number of carbonyl (C=O) groups is 1. The molecule has 0 saturated carbocycles. The largest absolute Gasteiger partial charge is 0.497 e. The molecule has 0 fully saturated rings. The number of nitrogens with one attached hydrogen (secondary N) is 1. The molecule has 1 unspecified atom stereocenters. The molecule has 0 heterocycles. The molecular weight excluding hydrogens is 320 g/mol. The first-order valence-electron chi connectivity index (χ1n) is 6.04. The van der Waals surface area contributed by atoms with Gasteiger partial charge >= 0.3 is 6.03 Å². The van der Waals surface area contributed by atoms with Crippen molar-refractivity contribution in [3.05, 3.63) is 54.1 Å². The minimum atomic E-state index is -0.568. The molecule has 2 rings (SSSR count). The summed E-state index contributed by atoms with van der Waals surface area (Å²) in [5.74, 6) is 0.818. The van der Waals surface area contributed by atoms with Crippen molar-refractivity contribution in [1.29, 1.82) is 0 Å². The van der Waals surface area contributed by atoms with E-state index in [9.17, 15) is 4.79 Å². The Hall–Kier alpha value is -2.01. The van der Waals surface area contributed by atoms with Crippen LogP contribution in [-0.2, 0) is 0 Å². The van der Waals surface area contributed by atoms with E-state index in [1.54, 1.807) is 7.11 Å². The van der Waals surface area contributed by atoms with E-state index in [1.807, 2.05) is 48.5 Å². The Morgan fingerprint density at radius 3 is 2.50 bits per heavy atom. The number of rotatable bonds is 4.